The van der Waals surface area contributed by atoms with Gasteiger partial charge >= 0.3 is 0 Å². The number of rotatable bonds is 7. The number of hydrogen-bond acceptors (Lipinski definition) is 2. The number of aryl methyl sites for hydroxylation is 2. The Morgan fingerprint density at radius 2 is 1.75 bits per heavy atom. The number of halogens is 1. The fourth-order valence-corrected chi connectivity index (χ4v) is 1.58. The molecule has 0 aliphatic carbocycles. The summed E-state index contributed by atoms with van der Waals surface area (Å²) < 4.78 is 1.99. The van der Waals surface area contributed by atoms with Crippen LogP contribution in [-0.4, -0.2) is 24.9 Å². The van der Waals surface area contributed by atoms with E-state index in [0.29, 0.717) is 26.1 Å². The number of pyridine rings is 1. The maximum atomic E-state index is 11.6. The van der Waals surface area contributed by atoms with E-state index in [9.17, 15) is 9.59 Å². The normalized spacial score (nSPS) is 9.50. The second-order valence-electron chi connectivity index (χ2n) is 4.55. The second-order valence-corrected chi connectivity index (χ2v) is 4.55. The van der Waals surface area contributed by atoms with Gasteiger partial charge in [-0.2, -0.15) is 0 Å². The van der Waals surface area contributed by atoms with Gasteiger partial charge in [0.05, 0.1) is 6.42 Å². The van der Waals surface area contributed by atoms with Gasteiger partial charge in [-0.05, 0) is 18.9 Å². The molecule has 0 bridgehead atoms. The third-order valence-corrected chi connectivity index (χ3v) is 2.70. The van der Waals surface area contributed by atoms with Crippen molar-refractivity contribution in [2.45, 2.75) is 33.2 Å². The van der Waals surface area contributed by atoms with Crippen LogP contribution in [0, 0.1) is 6.92 Å². The van der Waals surface area contributed by atoms with Crippen LogP contribution in [0.3, 0.4) is 0 Å². The Labute approximate surface area is 130 Å². The first-order chi connectivity index (χ1) is 9.08. The quantitative estimate of drug-likeness (QED) is 0.418. The lowest BCUT2D eigenvalue weighted by molar-refractivity contribution is -0.695. The van der Waals surface area contributed by atoms with Gasteiger partial charge in [0.15, 0.2) is 18.9 Å². The number of carbonyl (C=O) groups is 2. The minimum absolute atomic E-state index is 0. The first kappa shape index (κ1) is 18.6. The number of amides is 2. The zero-order valence-corrected chi connectivity index (χ0v) is 13.6. The summed E-state index contributed by atoms with van der Waals surface area (Å²) in [7, 11) is 0. The number of nitrogens with one attached hydrogen (secondary N) is 2. The van der Waals surface area contributed by atoms with Crippen molar-refractivity contribution in [3.63, 3.8) is 0 Å². The summed E-state index contributed by atoms with van der Waals surface area (Å²) in [6, 6.07) is 4.04. The number of hydrogen-bond donors (Lipinski definition) is 2. The molecule has 0 unspecified atom stereocenters. The lowest BCUT2D eigenvalue weighted by Crippen LogP contribution is -3.00. The average Bonchev–Trinajstić information content (AvgIpc) is 2.37. The fourth-order valence-electron chi connectivity index (χ4n) is 1.58. The molecule has 1 rings (SSSR count). The molecule has 0 radical (unpaired) electrons. The van der Waals surface area contributed by atoms with Crippen molar-refractivity contribution >= 4 is 11.8 Å². The minimum atomic E-state index is -0.0397. The molecule has 5 nitrogen and oxygen atoms in total. The first-order valence-electron chi connectivity index (χ1n) is 6.55. The van der Waals surface area contributed by atoms with Gasteiger partial charge in [-0.1, -0.05) is 0 Å². The zero-order chi connectivity index (χ0) is 14.1. The summed E-state index contributed by atoms with van der Waals surface area (Å²) in [4.78, 5) is 22.2. The van der Waals surface area contributed by atoms with Crippen LogP contribution in [0.25, 0.3) is 0 Å². The fraction of sp³-hybridized carbons (Fsp3) is 0.500. The van der Waals surface area contributed by atoms with E-state index in [1.54, 1.807) is 0 Å². The molecule has 20 heavy (non-hydrogen) atoms. The van der Waals surface area contributed by atoms with E-state index in [2.05, 4.69) is 10.6 Å². The van der Waals surface area contributed by atoms with Gasteiger partial charge in [0.25, 0.3) is 0 Å². The number of nitrogens with zero attached hydrogens (tertiary/aromatic N) is 1. The van der Waals surface area contributed by atoms with Crippen LogP contribution in [0.2, 0.25) is 0 Å². The zero-order valence-electron chi connectivity index (χ0n) is 12.0. The summed E-state index contributed by atoms with van der Waals surface area (Å²) >= 11 is 0. The molecule has 1 aromatic heterocycles. The van der Waals surface area contributed by atoms with Gasteiger partial charge in [-0.15, -0.1) is 0 Å². The highest BCUT2D eigenvalue weighted by Gasteiger charge is 2.05. The Kier molecular flexibility index (Phi) is 9.63. The van der Waals surface area contributed by atoms with Crippen molar-refractivity contribution in [1.29, 1.82) is 0 Å². The molecule has 2 amide bonds. The van der Waals surface area contributed by atoms with Crippen molar-refractivity contribution in [3.8, 4) is 0 Å². The van der Waals surface area contributed by atoms with E-state index in [-0.39, 0.29) is 28.8 Å². The Morgan fingerprint density at radius 3 is 2.35 bits per heavy atom. The molecule has 1 aromatic rings. The predicted molar refractivity (Wildman–Crippen MR) is 72.3 cm³/mol. The Balaban J connectivity index is 0.00000361. The maximum absolute atomic E-state index is 11.6. The van der Waals surface area contributed by atoms with Crippen molar-refractivity contribution in [3.05, 3.63) is 30.1 Å². The molecular formula is C14H22BrN3O2. The highest BCUT2D eigenvalue weighted by atomic mass is 79.9. The van der Waals surface area contributed by atoms with Crippen LogP contribution >= 0.6 is 0 Å². The van der Waals surface area contributed by atoms with Gasteiger partial charge in [0.1, 0.15) is 0 Å². The Hall–Kier alpha value is -1.43. The van der Waals surface area contributed by atoms with Gasteiger partial charge in [-0.25, -0.2) is 4.57 Å². The minimum Gasteiger partial charge on any atom is -1.00 e. The molecule has 0 aromatic carbocycles. The molecule has 112 valence electrons. The van der Waals surface area contributed by atoms with E-state index >= 15 is 0 Å². The third kappa shape index (κ3) is 8.63. The van der Waals surface area contributed by atoms with Crippen LogP contribution in [0.4, 0.5) is 0 Å². The van der Waals surface area contributed by atoms with Gasteiger partial charge in [-0.3, -0.25) is 9.59 Å². The molecule has 0 aliphatic heterocycles. The smallest absolute Gasteiger partial charge is 0.226 e. The molecule has 0 aliphatic rings. The standard InChI is InChI=1S/C14H21N3O2.BrH/c1-12-4-9-17(10-5-12)11-6-14(19)16-8-3-7-15-13(2)18;/h4-5,9-10H,3,6-8,11H2,1-2H3,(H-,15,16,18,19);1H. The molecular weight excluding hydrogens is 322 g/mol. The van der Waals surface area contributed by atoms with Crippen LogP contribution in [0.5, 0.6) is 0 Å². The van der Waals surface area contributed by atoms with E-state index < -0.39 is 0 Å². The first-order valence-corrected chi connectivity index (χ1v) is 6.55. The largest absolute Gasteiger partial charge is 1.00 e. The summed E-state index contributed by atoms with van der Waals surface area (Å²) in [5, 5.41) is 5.52. The summed E-state index contributed by atoms with van der Waals surface area (Å²) in [5.41, 5.74) is 1.21. The van der Waals surface area contributed by atoms with Crippen molar-refractivity contribution < 1.29 is 31.1 Å². The molecule has 0 spiro atoms. The maximum Gasteiger partial charge on any atom is 0.226 e. The van der Waals surface area contributed by atoms with Gasteiger partial charge < -0.3 is 27.6 Å². The molecule has 1 heterocycles. The highest BCUT2D eigenvalue weighted by molar-refractivity contribution is 5.75. The third-order valence-electron chi connectivity index (χ3n) is 2.70. The van der Waals surface area contributed by atoms with Crippen LogP contribution in [0.15, 0.2) is 24.5 Å². The van der Waals surface area contributed by atoms with E-state index in [4.69, 9.17) is 0 Å². The number of carbonyl (C=O) groups excluding carboxylic acids is 2. The van der Waals surface area contributed by atoms with Crippen LogP contribution < -0.4 is 32.2 Å². The van der Waals surface area contributed by atoms with Gasteiger partial charge in [0, 0.05) is 32.1 Å². The van der Waals surface area contributed by atoms with Crippen molar-refractivity contribution in [2.24, 2.45) is 0 Å². The Morgan fingerprint density at radius 1 is 1.15 bits per heavy atom. The predicted octanol–water partition coefficient (Wildman–Crippen LogP) is -2.68. The summed E-state index contributed by atoms with van der Waals surface area (Å²) in [5.74, 6) is -0.00185. The van der Waals surface area contributed by atoms with E-state index in [0.717, 1.165) is 6.42 Å². The van der Waals surface area contributed by atoms with E-state index in [1.165, 1.54) is 12.5 Å². The van der Waals surface area contributed by atoms with Crippen LogP contribution in [-0.2, 0) is 16.1 Å². The van der Waals surface area contributed by atoms with Crippen LogP contribution in [0.1, 0.15) is 25.3 Å². The lowest BCUT2D eigenvalue weighted by atomic mass is 10.3. The SMILES string of the molecule is CC(=O)NCCCNC(=O)CC[n+]1ccc(C)cc1.[Br-]. The molecule has 2 N–H and O–H groups in total. The highest BCUT2D eigenvalue weighted by Crippen LogP contribution is 1.90. The monoisotopic (exact) mass is 343 g/mol. The second kappa shape index (κ2) is 10.4. The molecule has 0 saturated heterocycles. The molecule has 6 heteroatoms. The molecule has 0 saturated carbocycles. The molecule has 0 atom stereocenters. The van der Waals surface area contributed by atoms with Gasteiger partial charge in [0.2, 0.25) is 11.8 Å². The average molecular weight is 344 g/mol. The summed E-state index contributed by atoms with van der Waals surface area (Å²) in [6.45, 7) is 5.39. The summed E-state index contributed by atoms with van der Waals surface area (Å²) in [6.07, 6.45) is 5.16. The topological polar surface area (TPSA) is 62.1 Å². The van der Waals surface area contributed by atoms with Crippen molar-refractivity contribution in [1.82, 2.24) is 10.6 Å². The lowest BCUT2D eigenvalue weighted by Gasteiger charge is -2.04. The molecule has 0 fully saturated rings. The Bertz CT molecular complexity index is 421. The van der Waals surface area contributed by atoms with E-state index in [1.807, 2.05) is 36.0 Å². The van der Waals surface area contributed by atoms with Crippen molar-refractivity contribution in [2.75, 3.05) is 13.1 Å². The number of aromatic nitrogens is 1.